The maximum Gasteiger partial charge on any atom is 0.183 e. The van der Waals surface area contributed by atoms with Gasteiger partial charge in [-0.1, -0.05) is 30.3 Å². The SMILES string of the molecule is Fc1c(Br)ccc(NSCc2ccccc2)c1F. The van der Waals surface area contributed by atoms with Crippen molar-refractivity contribution in [2.75, 3.05) is 4.72 Å². The van der Waals surface area contributed by atoms with Gasteiger partial charge in [0.25, 0.3) is 0 Å². The number of rotatable bonds is 4. The van der Waals surface area contributed by atoms with E-state index < -0.39 is 11.6 Å². The Balaban J connectivity index is 1.97. The average Bonchev–Trinajstić information content (AvgIpc) is 2.40. The fraction of sp³-hybridized carbons (Fsp3) is 0.0769. The molecule has 94 valence electrons. The van der Waals surface area contributed by atoms with Gasteiger partial charge in [0.2, 0.25) is 0 Å². The van der Waals surface area contributed by atoms with Gasteiger partial charge in [0.1, 0.15) is 0 Å². The summed E-state index contributed by atoms with van der Waals surface area (Å²) in [5.74, 6) is -1.07. The van der Waals surface area contributed by atoms with Crippen LogP contribution in [0.25, 0.3) is 0 Å². The molecular weight excluding hydrogens is 320 g/mol. The maximum atomic E-state index is 13.5. The van der Waals surface area contributed by atoms with Crippen molar-refractivity contribution < 1.29 is 8.78 Å². The molecule has 2 aromatic rings. The predicted molar refractivity (Wildman–Crippen MR) is 75.4 cm³/mol. The Labute approximate surface area is 117 Å². The Bertz CT molecular complexity index is 534. The highest BCUT2D eigenvalue weighted by Gasteiger charge is 2.11. The molecular formula is C13H10BrF2NS. The van der Waals surface area contributed by atoms with E-state index in [4.69, 9.17) is 0 Å². The van der Waals surface area contributed by atoms with E-state index in [0.29, 0.717) is 5.75 Å². The summed E-state index contributed by atoms with van der Waals surface area (Å²) in [5, 5.41) is 0. The number of nitrogens with one attached hydrogen (secondary N) is 1. The van der Waals surface area contributed by atoms with Gasteiger partial charge in [0, 0.05) is 5.75 Å². The molecule has 0 amide bonds. The van der Waals surface area contributed by atoms with Crippen molar-refractivity contribution in [2.45, 2.75) is 5.75 Å². The standard InChI is InChI=1S/C13H10BrF2NS/c14-10-6-7-11(13(16)12(10)15)17-18-8-9-4-2-1-3-5-9/h1-7,17H,8H2. The van der Waals surface area contributed by atoms with Crippen molar-refractivity contribution in [3.63, 3.8) is 0 Å². The van der Waals surface area contributed by atoms with Gasteiger partial charge in [-0.2, -0.15) is 0 Å². The van der Waals surface area contributed by atoms with Crippen LogP contribution in [0.4, 0.5) is 14.5 Å². The smallest absolute Gasteiger partial charge is 0.183 e. The molecule has 1 N–H and O–H groups in total. The van der Waals surface area contributed by atoms with E-state index in [9.17, 15) is 8.78 Å². The molecule has 1 nitrogen and oxygen atoms in total. The van der Waals surface area contributed by atoms with Gasteiger partial charge >= 0.3 is 0 Å². The molecule has 18 heavy (non-hydrogen) atoms. The van der Waals surface area contributed by atoms with Crippen LogP contribution < -0.4 is 4.72 Å². The molecule has 0 fully saturated rings. The van der Waals surface area contributed by atoms with Gasteiger partial charge in [-0.25, -0.2) is 8.78 Å². The molecule has 0 heterocycles. The number of halogens is 3. The molecule has 0 saturated heterocycles. The summed E-state index contributed by atoms with van der Waals surface area (Å²) in [6.07, 6.45) is 0. The third-order valence-corrected chi connectivity index (χ3v) is 3.75. The molecule has 0 aliphatic heterocycles. The van der Waals surface area contributed by atoms with E-state index in [2.05, 4.69) is 20.7 Å². The lowest BCUT2D eigenvalue weighted by atomic mass is 10.2. The minimum atomic E-state index is -0.875. The quantitative estimate of drug-likeness (QED) is 0.626. The van der Waals surface area contributed by atoms with Gasteiger partial charge in [0.15, 0.2) is 11.6 Å². The molecule has 2 rings (SSSR count). The molecule has 0 aliphatic rings. The Hall–Kier alpha value is -1.07. The van der Waals surface area contributed by atoms with Crippen LogP contribution in [0, 0.1) is 11.6 Å². The van der Waals surface area contributed by atoms with Gasteiger partial charge in [-0.3, -0.25) is 0 Å². The van der Waals surface area contributed by atoms with Crippen LogP contribution in [0.2, 0.25) is 0 Å². The first kappa shape index (κ1) is 13.4. The summed E-state index contributed by atoms with van der Waals surface area (Å²) in [7, 11) is 0. The van der Waals surface area contributed by atoms with E-state index in [0.717, 1.165) is 5.56 Å². The molecule has 0 aliphatic carbocycles. The largest absolute Gasteiger partial charge is 0.327 e. The molecule has 0 unspecified atom stereocenters. The van der Waals surface area contributed by atoms with Crippen molar-refractivity contribution in [1.82, 2.24) is 0 Å². The third-order valence-electron chi connectivity index (χ3n) is 2.30. The molecule has 0 radical (unpaired) electrons. The summed E-state index contributed by atoms with van der Waals surface area (Å²) >= 11 is 4.25. The summed E-state index contributed by atoms with van der Waals surface area (Å²) in [6.45, 7) is 0. The van der Waals surface area contributed by atoms with Crippen LogP contribution >= 0.6 is 27.9 Å². The van der Waals surface area contributed by atoms with E-state index in [-0.39, 0.29) is 10.2 Å². The zero-order valence-corrected chi connectivity index (χ0v) is 11.7. The highest BCUT2D eigenvalue weighted by molar-refractivity contribution is 9.10. The van der Waals surface area contributed by atoms with Gasteiger partial charge in [-0.05, 0) is 45.6 Å². The monoisotopic (exact) mass is 329 g/mol. The highest BCUT2D eigenvalue weighted by Crippen LogP contribution is 2.26. The molecule has 5 heteroatoms. The van der Waals surface area contributed by atoms with Crippen LogP contribution in [0.3, 0.4) is 0 Å². The fourth-order valence-electron chi connectivity index (χ4n) is 1.38. The average molecular weight is 330 g/mol. The second kappa shape index (κ2) is 6.20. The van der Waals surface area contributed by atoms with Crippen LogP contribution in [0.5, 0.6) is 0 Å². The second-order valence-electron chi connectivity index (χ2n) is 3.60. The summed E-state index contributed by atoms with van der Waals surface area (Å²) < 4.78 is 29.7. The minimum Gasteiger partial charge on any atom is -0.327 e. The van der Waals surface area contributed by atoms with Crippen LogP contribution in [0.1, 0.15) is 5.56 Å². The normalized spacial score (nSPS) is 10.4. The Morgan fingerprint density at radius 1 is 1.00 bits per heavy atom. The third kappa shape index (κ3) is 3.23. The van der Waals surface area contributed by atoms with Crippen molar-refractivity contribution >= 4 is 33.6 Å². The zero-order valence-electron chi connectivity index (χ0n) is 9.29. The highest BCUT2D eigenvalue weighted by atomic mass is 79.9. The predicted octanol–water partition coefficient (Wildman–Crippen LogP) is 4.99. The molecule has 0 aromatic heterocycles. The Morgan fingerprint density at radius 2 is 1.72 bits per heavy atom. The molecule has 0 atom stereocenters. The molecule has 0 spiro atoms. The molecule has 0 bridgehead atoms. The Kier molecular flexibility index (Phi) is 4.60. The van der Waals surface area contributed by atoms with Crippen LogP contribution in [-0.2, 0) is 5.75 Å². The lowest BCUT2D eigenvalue weighted by Gasteiger charge is -2.07. The number of benzene rings is 2. The lowest BCUT2D eigenvalue weighted by Crippen LogP contribution is -1.95. The van der Waals surface area contributed by atoms with E-state index in [1.54, 1.807) is 0 Å². The van der Waals surface area contributed by atoms with E-state index >= 15 is 0 Å². The second-order valence-corrected chi connectivity index (χ2v) is 5.24. The Morgan fingerprint density at radius 3 is 2.44 bits per heavy atom. The van der Waals surface area contributed by atoms with Crippen molar-refractivity contribution in [1.29, 1.82) is 0 Å². The van der Waals surface area contributed by atoms with E-state index in [1.807, 2.05) is 30.3 Å². The lowest BCUT2D eigenvalue weighted by molar-refractivity contribution is 0.507. The van der Waals surface area contributed by atoms with Crippen LogP contribution in [-0.4, -0.2) is 0 Å². The first-order chi connectivity index (χ1) is 8.68. The van der Waals surface area contributed by atoms with Crippen molar-refractivity contribution in [2.24, 2.45) is 0 Å². The summed E-state index contributed by atoms with van der Waals surface area (Å²) in [4.78, 5) is 0. The van der Waals surface area contributed by atoms with Gasteiger partial charge in [0.05, 0.1) is 10.2 Å². The number of hydrogen-bond donors (Lipinski definition) is 1. The summed E-state index contributed by atoms with van der Waals surface area (Å²) in [5.41, 5.74) is 1.27. The number of anilines is 1. The maximum absolute atomic E-state index is 13.5. The topological polar surface area (TPSA) is 12.0 Å². The number of hydrogen-bond acceptors (Lipinski definition) is 2. The van der Waals surface area contributed by atoms with Gasteiger partial charge in [-0.15, -0.1) is 0 Å². The first-order valence-electron chi connectivity index (χ1n) is 5.23. The zero-order chi connectivity index (χ0) is 13.0. The minimum absolute atomic E-state index is 0.124. The first-order valence-corrected chi connectivity index (χ1v) is 7.01. The molecule has 2 aromatic carbocycles. The van der Waals surface area contributed by atoms with Gasteiger partial charge < -0.3 is 4.72 Å². The van der Waals surface area contributed by atoms with Crippen molar-refractivity contribution in [3.8, 4) is 0 Å². The molecule has 0 saturated carbocycles. The fourth-order valence-corrected chi connectivity index (χ4v) is 2.43. The van der Waals surface area contributed by atoms with Crippen LogP contribution in [0.15, 0.2) is 46.9 Å². The van der Waals surface area contributed by atoms with E-state index in [1.165, 1.54) is 24.1 Å². The summed E-state index contributed by atoms with van der Waals surface area (Å²) in [6, 6.07) is 12.8. The van der Waals surface area contributed by atoms with Crippen molar-refractivity contribution in [3.05, 3.63) is 64.1 Å².